The highest BCUT2D eigenvalue weighted by atomic mass is 16.5. The molecule has 1 aliphatic rings. The van der Waals surface area contributed by atoms with Crippen LogP contribution in [0.5, 0.6) is 0 Å². The highest BCUT2D eigenvalue weighted by Gasteiger charge is 2.32. The van der Waals surface area contributed by atoms with E-state index in [-0.39, 0.29) is 18.1 Å². The first-order chi connectivity index (χ1) is 9.09. The summed E-state index contributed by atoms with van der Waals surface area (Å²) in [6.07, 6.45) is 0.858. The summed E-state index contributed by atoms with van der Waals surface area (Å²) in [7, 11) is 0. The molecule has 1 amide bonds. The van der Waals surface area contributed by atoms with E-state index >= 15 is 0 Å². The van der Waals surface area contributed by atoms with Crippen molar-refractivity contribution in [2.75, 3.05) is 26.2 Å². The highest BCUT2D eigenvalue weighted by molar-refractivity contribution is 5.77. The maximum Gasteiger partial charge on any atom is 0.246 e. The third-order valence-electron chi connectivity index (χ3n) is 3.53. The largest absolute Gasteiger partial charge is 0.363 e. The summed E-state index contributed by atoms with van der Waals surface area (Å²) in [5, 5.41) is 6.03. The zero-order valence-electron chi connectivity index (χ0n) is 11.7. The van der Waals surface area contributed by atoms with Crippen molar-refractivity contribution in [2.45, 2.75) is 25.9 Å². The second-order valence-electron chi connectivity index (χ2n) is 5.37. The van der Waals surface area contributed by atoms with Crippen LogP contribution in [0.15, 0.2) is 24.3 Å². The summed E-state index contributed by atoms with van der Waals surface area (Å²) in [6, 6.07) is 8.24. The predicted octanol–water partition coefficient (Wildman–Crippen LogP) is 1.03. The second-order valence-corrected chi connectivity index (χ2v) is 5.37. The number of carbonyl (C=O) groups excluding carboxylic acids is 1. The molecule has 104 valence electrons. The number of carbonyl (C=O) groups is 1. The first-order valence-corrected chi connectivity index (χ1v) is 6.75. The van der Waals surface area contributed by atoms with Gasteiger partial charge in [-0.15, -0.1) is 0 Å². The van der Waals surface area contributed by atoms with Gasteiger partial charge in [-0.1, -0.05) is 24.3 Å². The Morgan fingerprint density at radius 1 is 1.42 bits per heavy atom. The van der Waals surface area contributed by atoms with Crippen molar-refractivity contribution >= 4 is 5.91 Å². The Bertz CT molecular complexity index is 442. The maximum atomic E-state index is 11.6. The molecule has 4 nitrogen and oxygen atoms in total. The van der Waals surface area contributed by atoms with E-state index in [0.717, 1.165) is 19.5 Å². The minimum atomic E-state index is -0.159. The number of nitrogens with one attached hydrogen (secondary N) is 2. The molecule has 4 heteroatoms. The van der Waals surface area contributed by atoms with E-state index in [1.807, 2.05) is 19.1 Å². The Hall–Kier alpha value is -1.39. The Kier molecular flexibility index (Phi) is 4.56. The van der Waals surface area contributed by atoms with Crippen LogP contribution >= 0.6 is 0 Å². The van der Waals surface area contributed by atoms with E-state index in [1.54, 1.807) is 0 Å². The zero-order chi connectivity index (χ0) is 13.7. The molecule has 1 heterocycles. The van der Waals surface area contributed by atoms with Crippen LogP contribution < -0.4 is 10.6 Å². The lowest BCUT2D eigenvalue weighted by Crippen LogP contribution is -2.59. The fourth-order valence-electron chi connectivity index (χ4n) is 2.10. The molecule has 0 saturated carbocycles. The number of aryl methyl sites for hydroxylation is 1. The number of amides is 1. The van der Waals surface area contributed by atoms with Gasteiger partial charge in [0.05, 0.1) is 5.60 Å². The highest BCUT2D eigenvalue weighted by Crippen LogP contribution is 2.14. The Balaban J connectivity index is 1.65. The average molecular weight is 262 g/mol. The van der Waals surface area contributed by atoms with Crippen LogP contribution in [-0.4, -0.2) is 37.7 Å². The van der Waals surface area contributed by atoms with Gasteiger partial charge in [-0.05, 0) is 31.4 Å². The minimum Gasteiger partial charge on any atom is -0.363 e. The third kappa shape index (κ3) is 4.04. The van der Waals surface area contributed by atoms with Gasteiger partial charge in [-0.3, -0.25) is 4.79 Å². The molecule has 1 aromatic rings. The van der Waals surface area contributed by atoms with Crippen LogP contribution in [0.25, 0.3) is 0 Å². The quantitative estimate of drug-likeness (QED) is 0.805. The lowest BCUT2D eigenvalue weighted by atomic mass is 10.0. The van der Waals surface area contributed by atoms with Gasteiger partial charge in [0, 0.05) is 19.6 Å². The third-order valence-corrected chi connectivity index (χ3v) is 3.53. The molecule has 1 aromatic carbocycles. The molecular weight excluding hydrogens is 240 g/mol. The van der Waals surface area contributed by atoms with E-state index < -0.39 is 0 Å². The Morgan fingerprint density at radius 3 is 2.79 bits per heavy atom. The smallest absolute Gasteiger partial charge is 0.246 e. The maximum absolute atomic E-state index is 11.6. The van der Waals surface area contributed by atoms with Crippen LogP contribution in [0, 0.1) is 6.92 Å². The Labute approximate surface area is 114 Å². The van der Waals surface area contributed by atoms with E-state index in [2.05, 4.69) is 29.7 Å². The van der Waals surface area contributed by atoms with Crippen molar-refractivity contribution in [3.8, 4) is 0 Å². The molecule has 0 aliphatic carbocycles. The monoisotopic (exact) mass is 262 g/mol. The van der Waals surface area contributed by atoms with Crippen LogP contribution in [0.2, 0.25) is 0 Å². The van der Waals surface area contributed by atoms with Crippen molar-refractivity contribution < 1.29 is 9.53 Å². The van der Waals surface area contributed by atoms with Gasteiger partial charge >= 0.3 is 0 Å². The standard InChI is InChI=1S/C15H22N2O2/c1-12-5-3-4-6-13(12)7-8-17-14(18)9-19-15(2)10-16-11-15/h3-6,16H,7-11H2,1-2H3,(H,17,18). The van der Waals surface area contributed by atoms with Crippen molar-refractivity contribution in [1.82, 2.24) is 10.6 Å². The number of ether oxygens (including phenoxy) is 1. The molecule has 0 spiro atoms. The van der Waals surface area contributed by atoms with Gasteiger partial charge in [0.15, 0.2) is 0 Å². The summed E-state index contributed by atoms with van der Waals surface area (Å²) in [5.41, 5.74) is 2.38. The Morgan fingerprint density at radius 2 is 2.16 bits per heavy atom. The first-order valence-electron chi connectivity index (χ1n) is 6.75. The number of hydrogen-bond donors (Lipinski definition) is 2. The number of benzene rings is 1. The van der Waals surface area contributed by atoms with Gasteiger partial charge in [0.25, 0.3) is 0 Å². The lowest BCUT2D eigenvalue weighted by molar-refractivity contribution is -0.135. The first kappa shape index (κ1) is 14.0. The van der Waals surface area contributed by atoms with Gasteiger partial charge < -0.3 is 15.4 Å². The topological polar surface area (TPSA) is 50.4 Å². The predicted molar refractivity (Wildman–Crippen MR) is 75.1 cm³/mol. The molecule has 1 saturated heterocycles. The summed E-state index contributed by atoms with van der Waals surface area (Å²) >= 11 is 0. The number of hydrogen-bond acceptors (Lipinski definition) is 3. The van der Waals surface area contributed by atoms with E-state index in [9.17, 15) is 4.79 Å². The number of rotatable bonds is 6. The summed E-state index contributed by atoms with van der Waals surface area (Å²) in [5.74, 6) is -0.0401. The van der Waals surface area contributed by atoms with E-state index in [4.69, 9.17) is 4.74 Å². The molecule has 19 heavy (non-hydrogen) atoms. The molecule has 0 atom stereocenters. The second kappa shape index (κ2) is 6.17. The van der Waals surface area contributed by atoms with Crippen LogP contribution in [0.3, 0.4) is 0 Å². The van der Waals surface area contributed by atoms with Crippen molar-refractivity contribution in [3.05, 3.63) is 35.4 Å². The van der Waals surface area contributed by atoms with Gasteiger partial charge in [-0.2, -0.15) is 0 Å². The van der Waals surface area contributed by atoms with Crippen molar-refractivity contribution in [2.24, 2.45) is 0 Å². The van der Waals surface area contributed by atoms with Gasteiger partial charge in [0.2, 0.25) is 5.91 Å². The molecule has 2 rings (SSSR count). The van der Waals surface area contributed by atoms with Crippen LogP contribution in [0.1, 0.15) is 18.1 Å². The average Bonchev–Trinajstić information content (AvgIpc) is 2.36. The summed E-state index contributed by atoms with van der Waals surface area (Å²) < 4.78 is 5.58. The minimum absolute atomic E-state index is 0.0401. The van der Waals surface area contributed by atoms with Gasteiger partial charge in [-0.25, -0.2) is 0 Å². The molecule has 1 aliphatic heterocycles. The molecule has 0 unspecified atom stereocenters. The zero-order valence-corrected chi connectivity index (χ0v) is 11.7. The molecular formula is C15H22N2O2. The molecule has 0 aromatic heterocycles. The van der Waals surface area contributed by atoms with Crippen LogP contribution in [0.4, 0.5) is 0 Å². The molecule has 1 fully saturated rings. The van der Waals surface area contributed by atoms with Crippen LogP contribution in [-0.2, 0) is 16.0 Å². The summed E-state index contributed by atoms with van der Waals surface area (Å²) in [4.78, 5) is 11.6. The lowest BCUT2D eigenvalue weighted by Gasteiger charge is -2.38. The van der Waals surface area contributed by atoms with E-state index in [0.29, 0.717) is 6.54 Å². The molecule has 0 radical (unpaired) electrons. The fraction of sp³-hybridized carbons (Fsp3) is 0.533. The van der Waals surface area contributed by atoms with Crippen molar-refractivity contribution in [1.29, 1.82) is 0 Å². The SMILES string of the molecule is Cc1ccccc1CCNC(=O)COC1(C)CNC1. The van der Waals surface area contributed by atoms with Crippen molar-refractivity contribution in [3.63, 3.8) is 0 Å². The molecule has 0 bridgehead atoms. The van der Waals surface area contributed by atoms with E-state index in [1.165, 1.54) is 11.1 Å². The van der Waals surface area contributed by atoms with Gasteiger partial charge in [0.1, 0.15) is 6.61 Å². The molecule has 2 N–H and O–H groups in total. The summed E-state index contributed by atoms with van der Waals surface area (Å²) in [6.45, 7) is 6.55. The fourth-order valence-corrected chi connectivity index (χ4v) is 2.10. The normalized spacial score (nSPS) is 16.7.